The fourth-order valence-corrected chi connectivity index (χ4v) is 4.08. The van der Waals surface area contributed by atoms with Gasteiger partial charge in [-0.2, -0.15) is 0 Å². The molecule has 2 aromatic carbocycles. The number of carbonyl (C=O) groups is 3. The largest absolute Gasteiger partial charge is 0.459 e. The van der Waals surface area contributed by atoms with Crippen LogP contribution in [0, 0.1) is 5.92 Å². The molecule has 2 aromatic rings. The van der Waals surface area contributed by atoms with E-state index >= 15 is 0 Å². The van der Waals surface area contributed by atoms with Crippen molar-refractivity contribution in [2.75, 3.05) is 11.5 Å². The van der Waals surface area contributed by atoms with Crippen LogP contribution in [-0.4, -0.2) is 23.6 Å². The van der Waals surface area contributed by atoms with Gasteiger partial charge < -0.3 is 16.2 Å². The highest BCUT2D eigenvalue weighted by Gasteiger charge is 2.35. The van der Waals surface area contributed by atoms with Gasteiger partial charge in [0.25, 0.3) is 0 Å². The number of carbonyl (C=O) groups excluding carboxylic acids is 3. The van der Waals surface area contributed by atoms with Gasteiger partial charge in [-0.05, 0) is 37.7 Å². The van der Waals surface area contributed by atoms with Gasteiger partial charge >= 0.3 is 5.97 Å². The van der Waals surface area contributed by atoms with E-state index in [-0.39, 0.29) is 51.1 Å². The number of anilines is 2. The number of nitrogen functional groups attached to an aromatic ring is 2. The van der Waals surface area contributed by atoms with Gasteiger partial charge in [-0.25, -0.2) is 4.79 Å². The molecule has 0 spiro atoms. The molecule has 1 saturated carbocycles. The molecule has 6 nitrogen and oxygen atoms in total. The van der Waals surface area contributed by atoms with Gasteiger partial charge in [0, 0.05) is 16.8 Å². The number of fused-ring (bicyclic) bond motifs is 2. The molecular formula is C22H22N2O4. The maximum atomic E-state index is 13.0. The predicted octanol–water partition coefficient (Wildman–Crippen LogP) is 3.36. The highest BCUT2D eigenvalue weighted by Crippen LogP contribution is 2.37. The fraction of sp³-hybridized carbons (Fsp3) is 0.318. The Balaban J connectivity index is 1.72. The number of hydrogen-bond donors (Lipinski definition) is 2. The maximum absolute atomic E-state index is 13.0. The van der Waals surface area contributed by atoms with Gasteiger partial charge in [0.2, 0.25) is 0 Å². The van der Waals surface area contributed by atoms with E-state index in [2.05, 4.69) is 6.92 Å². The lowest BCUT2D eigenvalue weighted by Crippen LogP contribution is -2.27. The molecule has 144 valence electrons. The summed E-state index contributed by atoms with van der Waals surface area (Å²) in [6.45, 7) is 2.18. The van der Waals surface area contributed by atoms with Crippen molar-refractivity contribution in [3.05, 3.63) is 58.1 Å². The van der Waals surface area contributed by atoms with Gasteiger partial charge in [-0.1, -0.05) is 31.2 Å². The van der Waals surface area contributed by atoms with Crippen LogP contribution in [0.4, 0.5) is 11.4 Å². The van der Waals surface area contributed by atoms with Gasteiger partial charge in [0.1, 0.15) is 6.10 Å². The van der Waals surface area contributed by atoms with Crippen molar-refractivity contribution in [2.24, 2.45) is 5.92 Å². The minimum Gasteiger partial charge on any atom is -0.459 e. The fourth-order valence-electron chi connectivity index (χ4n) is 4.08. The van der Waals surface area contributed by atoms with Crippen LogP contribution in [0.15, 0.2) is 30.3 Å². The smallest absolute Gasteiger partial charge is 0.340 e. The number of ether oxygens (including phenoxy) is 1. The summed E-state index contributed by atoms with van der Waals surface area (Å²) < 4.78 is 5.61. The second-order valence-electron chi connectivity index (χ2n) is 7.67. The molecule has 0 atom stereocenters. The van der Waals surface area contributed by atoms with Crippen molar-refractivity contribution in [2.45, 2.75) is 38.7 Å². The SMILES string of the molecule is CC1CCC(OC(=O)c2cc(N)c3c(c2N)C(=O)c2ccccc2C3=O)CC1. The first kappa shape index (κ1) is 18.2. The first-order chi connectivity index (χ1) is 13.4. The normalized spacial score (nSPS) is 21.0. The van der Waals surface area contributed by atoms with Gasteiger partial charge in [-0.15, -0.1) is 0 Å². The molecule has 0 heterocycles. The Kier molecular flexibility index (Phi) is 4.41. The summed E-state index contributed by atoms with van der Waals surface area (Å²) in [6, 6.07) is 7.87. The molecule has 2 aliphatic carbocycles. The van der Waals surface area contributed by atoms with E-state index in [1.165, 1.54) is 6.07 Å². The Bertz CT molecular complexity index is 1000. The van der Waals surface area contributed by atoms with Crippen molar-refractivity contribution in [1.29, 1.82) is 0 Å². The lowest BCUT2D eigenvalue weighted by molar-refractivity contribution is 0.0175. The summed E-state index contributed by atoms with van der Waals surface area (Å²) >= 11 is 0. The Morgan fingerprint density at radius 1 is 0.964 bits per heavy atom. The van der Waals surface area contributed by atoms with E-state index in [1.54, 1.807) is 24.3 Å². The van der Waals surface area contributed by atoms with E-state index in [4.69, 9.17) is 16.2 Å². The van der Waals surface area contributed by atoms with E-state index in [0.29, 0.717) is 5.92 Å². The van der Waals surface area contributed by atoms with Crippen LogP contribution in [0.25, 0.3) is 0 Å². The van der Waals surface area contributed by atoms with E-state index in [1.807, 2.05) is 0 Å². The summed E-state index contributed by atoms with van der Waals surface area (Å²) in [4.78, 5) is 38.6. The Labute approximate surface area is 162 Å². The third kappa shape index (κ3) is 2.85. The maximum Gasteiger partial charge on any atom is 0.340 e. The molecule has 0 radical (unpaired) electrons. The Hall–Kier alpha value is -3.15. The highest BCUT2D eigenvalue weighted by molar-refractivity contribution is 6.32. The van der Waals surface area contributed by atoms with Crippen LogP contribution in [0.2, 0.25) is 0 Å². The Morgan fingerprint density at radius 2 is 1.54 bits per heavy atom. The second-order valence-corrected chi connectivity index (χ2v) is 7.67. The quantitative estimate of drug-likeness (QED) is 0.522. The zero-order chi connectivity index (χ0) is 20.0. The molecule has 0 bridgehead atoms. The predicted molar refractivity (Wildman–Crippen MR) is 105 cm³/mol. The van der Waals surface area contributed by atoms with Crippen LogP contribution in [0.1, 0.15) is 74.8 Å². The Morgan fingerprint density at radius 3 is 2.14 bits per heavy atom. The average molecular weight is 378 g/mol. The molecule has 4 N–H and O–H groups in total. The van der Waals surface area contributed by atoms with Crippen molar-refractivity contribution < 1.29 is 19.1 Å². The molecule has 2 aliphatic rings. The number of esters is 1. The number of hydrogen-bond acceptors (Lipinski definition) is 6. The molecule has 0 amide bonds. The van der Waals surface area contributed by atoms with Crippen molar-refractivity contribution in [3.8, 4) is 0 Å². The number of ketones is 2. The van der Waals surface area contributed by atoms with Crippen LogP contribution in [0.5, 0.6) is 0 Å². The van der Waals surface area contributed by atoms with Crippen LogP contribution < -0.4 is 11.5 Å². The molecule has 4 rings (SSSR count). The summed E-state index contributed by atoms with van der Waals surface area (Å²) in [6.07, 6.45) is 3.45. The number of rotatable bonds is 2. The number of benzene rings is 2. The summed E-state index contributed by atoms with van der Waals surface area (Å²) in [5.41, 5.74) is 12.9. The minimum atomic E-state index is -0.606. The second kappa shape index (κ2) is 6.78. The van der Waals surface area contributed by atoms with Crippen molar-refractivity contribution in [3.63, 3.8) is 0 Å². The first-order valence-electron chi connectivity index (χ1n) is 9.49. The van der Waals surface area contributed by atoms with Gasteiger partial charge in [-0.3, -0.25) is 9.59 Å². The van der Waals surface area contributed by atoms with Gasteiger partial charge in [0.15, 0.2) is 11.6 Å². The van der Waals surface area contributed by atoms with Crippen LogP contribution >= 0.6 is 0 Å². The summed E-state index contributed by atoms with van der Waals surface area (Å²) in [7, 11) is 0. The monoisotopic (exact) mass is 378 g/mol. The van der Waals surface area contributed by atoms with E-state index in [9.17, 15) is 14.4 Å². The van der Waals surface area contributed by atoms with Gasteiger partial charge in [0.05, 0.1) is 22.4 Å². The molecule has 6 heteroatoms. The third-order valence-electron chi connectivity index (χ3n) is 5.72. The molecule has 1 fully saturated rings. The lowest BCUT2D eigenvalue weighted by Gasteiger charge is -2.27. The lowest BCUT2D eigenvalue weighted by atomic mass is 9.81. The van der Waals surface area contributed by atoms with Crippen molar-refractivity contribution in [1.82, 2.24) is 0 Å². The van der Waals surface area contributed by atoms with E-state index in [0.717, 1.165) is 25.7 Å². The molecule has 0 unspecified atom stereocenters. The first-order valence-corrected chi connectivity index (χ1v) is 9.49. The highest BCUT2D eigenvalue weighted by atomic mass is 16.5. The topological polar surface area (TPSA) is 112 Å². The molecule has 28 heavy (non-hydrogen) atoms. The number of nitrogens with two attached hydrogens (primary N) is 2. The standard InChI is InChI=1S/C22H22N2O4/c1-11-6-8-12(9-7-11)28-22(27)15-10-16(23)17-18(19(15)24)21(26)14-5-3-2-4-13(14)20(17)25/h2-5,10-12H,6-9,23-24H2,1H3. The zero-order valence-electron chi connectivity index (χ0n) is 15.7. The van der Waals surface area contributed by atoms with Crippen molar-refractivity contribution >= 4 is 28.9 Å². The summed E-state index contributed by atoms with van der Waals surface area (Å²) in [5, 5.41) is 0. The zero-order valence-corrected chi connectivity index (χ0v) is 15.7. The van der Waals surface area contributed by atoms with E-state index < -0.39 is 11.8 Å². The minimum absolute atomic E-state index is 0.00656. The average Bonchev–Trinajstić information content (AvgIpc) is 2.69. The third-order valence-corrected chi connectivity index (χ3v) is 5.72. The molecule has 0 aromatic heterocycles. The molecular weight excluding hydrogens is 356 g/mol. The molecule has 0 aliphatic heterocycles. The summed E-state index contributed by atoms with van der Waals surface area (Å²) in [5.74, 6) is -0.750. The van der Waals surface area contributed by atoms with Crippen LogP contribution in [0.3, 0.4) is 0 Å². The van der Waals surface area contributed by atoms with Crippen LogP contribution in [-0.2, 0) is 4.74 Å². The molecule has 0 saturated heterocycles.